The number of nitrogens with one attached hydrogen (secondary N) is 1. The van der Waals surface area contributed by atoms with Gasteiger partial charge in [-0.25, -0.2) is 0 Å². The van der Waals surface area contributed by atoms with Crippen LogP contribution in [0.3, 0.4) is 0 Å². The van der Waals surface area contributed by atoms with Gasteiger partial charge in [0, 0.05) is 25.7 Å². The molecule has 1 saturated heterocycles. The van der Waals surface area contributed by atoms with Crippen molar-refractivity contribution >= 4 is 0 Å². The van der Waals surface area contributed by atoms with Gasteiger partial charge in [0.25, 0.3) is 0 Å². The molecule has 2 atom stereocenters. The number of likely N-dealkylation sites (tertiary alicyclic amines) is 1. The van der Waals surface area contributed by atoms with E-state index in [4.69, 9.17) is 0 Å². The van der Waals surface area contributed by atoms with Gasteiger partial charge >= 0.3 is 0 Å². The molecule has 0 amide bonds. The third kappa shape index (κ3) is 4.94. The second-order valence-electron chi connectivity index (χ2n) is 5.31. The zero-order valence-corrected chi connectivity index (χ0v) is 12.2. The Bertz CT molecular complexity index is 192. The van der Waals surface area contributed by atoms with E-state index >= 15 is 0 Å². The van der Waals surface area contributed by atoms with Crippen molar-refractivity contribution < 1.29 is 0 Å². The summed E-state index contributed by atoms with van der Waals surface area (Å²) in [5.41, 5.74) is 0. The molecule has 0 saturated carbocycles. The average molecular weight is 241 g/mol. The van der Waals surface area contributed by atoms with Gasteiger partial charge in [-0.3, -0.25) is 0 Å². The molecule has 1 N–H and O–H groups in total. The standard InChI is InChI=1S/C14H31N3/c1-5-16(6-2)10-11-17-9-7-8-14(12-17)13(3)15-4/h13-15H,5-12H2,1-4H3. The Morgan fingerprint density at radius 3 is 2.65 bits per heavy atom. The molecular formula is C14H31N3. The first-order valence-corrected chi connectivity index (χ1v) is 7.33. The highest BCUT2D eigenvalue weighted by molar-refractivity contribution is 4.79. The van der Waals surface area contributed by atoms with Crippen LogP contribution in [0.4, 0.5) is 0 Å². The van der Waals surface area contributed by atoms with Crippen LogP contribution >= 0.6 is 0 Å². The minimum atomic E-state index is 0.659. The molecule has 0 bridgehead atoms. The van der Waals surface area contributed by atoms with E-state index in [1.54, 1.807) is 0 Å². The van der Waals surface area contributed by atoms with Gasteiger partial charge in [-0.15, -0.1) is 0 Å². The Hall–Kier alpha value is -0.120. The summed E-state index contributed by atoms with van der Waals surface area (Å²) in [5.74, 6) is 0.838. The predicted octanol–water partition coefficient (Wildman–Crippen LogP) is 1.65. The summed E-state index contributed by atoms with van der Waals surface area (Å²) in [7, 11) is 2.08. The van der Waals surface area contributed by atoms with Gasteiger partial charge in [-0.2, -0.15) is 0 Å². The first kappa shape index (κ1) is 14.9. The first-order chi connectivity index (χ1) is 8.21. The van der Waals surface area contributed by atoms with Gasteiger partial charge in [0.1, 0.15) is 0 Å². The highest BCUT2D eigenvalue weighted by atomic mass is 15.2. The molecule has 0 aromatic heterocycles. The van der Waals surface area contributed by atoms with Crippen molar-refractivity contribution in [2.45, 2.75) is 39.7 Å². The zero-order chi connectivity index (χ0) is 12.7. The van der Waals surface area contributed by atoms with Crippen LogP contribution in [0.15, 0.2) is 0 Å². The highest BCUT2D eigenvalue weighted by Crippen LogP contribution is 2.19. The second-order valence-corrected chi connectivity index (χ2v) is 5.31. The minimum absolute atomic E-state index is 0.659. The van der Waals surface area contributed by atoms with Crippen molar-refractivity contribution in [3.05, 3.63) is 0 Å². The maximum atomic E-state index is 3.41. The molecule has 3 heteroatoms. The van der Waals surface area contributed by atoms with Gasteiger partial charge in [-0.1, -0.05) is 13.8 Å². The fraction of sp³-hybridized carbons (Fsp3) is 1.00. The van der Waals surface area contributed by atoms with Gasteiger partial charge in [0.05, 0.1) is 0 Å². The Labute approximate surface area is 108 Å². The maximum absolute atomic E-state index is 3.41. The van der Waals surface area contributed by atoms with Crippen molar-refractivity contribution in [2.75, 3.05) is 46.3 Å². The lowest BCUT2D eigenvalue weighted by Crippen LogP contribution is -2.45. The molecule has 102 valence electrons. The van der Waals surface area contributed by atoms with Crippen molar-refractivity contribution in [3.63, 3.8) is 0 Å². The molecular weight excluding hydrogens is 210 g/mol. The molecule has 2 unspecified atom stereocenters. The van der Waals surface area contributed by atoms with Gasteiger partial charge in [-0.05, 0) is 52.4 Å². The number of rotatable bonds is 7. The number of likely N-dealkylation sites (N-methyl/N-ethyl adjacent to an activating group) is 1. The lowest BCUT2D eigenvalue weighted by molar-refractivity contribution is 0.136. The van der Waals surface area contributed by atoms with Gasteiger partial charge in [0.2, 0.25) is 0 Å². The van der Waals surface area contributed by atoms with Gasteiger partial charge < -0.3 is 15.1 Å². The minimum Gasteiger partial charge on any atom is -0.317 e. The van der Waals surface area contributed by atoms with E-state index < -0.39 is 0 Å². The molecule has 0 aromatic carbocycles. The SMILES string of the molecule is CCN(CC)CCN1CCCC(C(C)NC)C1. The summed E-state index contributed by atoms with van der Waals surface area (Å²) in [6.07, 6.45) is 2.76. The molecule has 3 nitrogen and oxygen atoms in total. The van der Waals surface area contributed by atoms with Crippen LogP contribution in [0.25, 0.3) is 0 Å². The van der Waals surface area contributed by atoms with E-state index in [1.807, 2.05) is 0 Å². The molecule has 0 radical (unpaired) electrons. The fourth-order valence-corrected chi connectivity index (χ4v) is 2.76. The highest BCUT2D eigenvalue weighted by Gasteiger charge is 2.23. The average Bonchev–Trinajstić information content (AvgIpc) is 2.39. The lowest BCUT2D eigenvalue weighted by atomic mass is 9.92. The van der Waals surface area contributed by atoms with E-state index in [0.717, 1.165) is 5.92 Å². The summed E-state index contributed by atoms with van der Waals surface area (Å²) in [6.45, 7) is 14.2. The smallest absolute Gasteiger partial charge is 0.0109 e. The van der Waals surface area contributed by atoms with Crippen LogP contribution in [-0.2, 0) is 0 Å². The third-order valence-electron chi connectivity index (χ3n) is 4.33. The summed E-state index contributed by atoms with van der Waals surface area (Å²) in [4.78, 5) is 5.17. The summed E-state index contributed by atoms with van der Waals surface area (Å²) in [6, 6.07) is 0.659. The fourth-order valence-electron chi connectivity index (χ4n) is 2.76. The number of hydrogen-bond donors (Lipinski definition) is 1. The van der Waals surface area contributed by atoms with Crippen molar-refractivity contribution in [2.24, 2.45) is 5.92 Å². The molecule has 1 heterocycles. The van der Waals surface area contributed by atoms with Gasteiger partial charge in [0.15, 0.2) is 0 Å². The number of piperidine rings is 1. The largest absolute Gasteiger partial charge is 0.317 e. The third-order valence-corrected chi connectivity index (χ3v) is 4.33. The summed E-state index contributed by atoms with van der Waals surface area (Å²) >= 11 is 0. The Morgan fingerprint density at radius 2 is 2.06 bits per heavy atom. The molecule has 1 aliphatic heterocycles. The Morgan fingerprint density at radius 1 is 1.35 bits per heavy atom. The van der Waals surface area contributed by atoms with Crippen molar-refractivity contribution in [1.82, 2.24) is 15.1 Å². The summed E-state index contributed by atoms with van der Waals surface area (Å²) in [5, 5.41) is 3.41. The predicted molar refractivity (Wildman–Crippen MR) is 75.5 cm³/mol. The lowest BCUT2D eigenvalue weighted by Gasteiger charge is -2.36. The Balaban J connectivity index is 2.29. The van der Waals surface area contributed by atoms with Crippen molar-refractivity contribution in [3.8, 4) is 0 Å². The Kier molecular flexibility index (Phi) is 7.09. The maximum Gasteiger partial charge on any atom is 0.0109 e. The van der Waals surface area contributed by atoms with E-state index in [0.29, 0.717) is 6.04 Å². The molecule has 0 aliphatic carbocycles. The number of hydrogen-bond acceptors (Lipinski definition) is 3. The second kappa shape index (κ2) is 8.06. The molecule has 1 fully saturated rings. The van der Waals surface area contributed by atoms with Crippen molar-refractivity contribution in [1.29, 1.82) is 0 Å². The van der Waals surface area contributed by atoms with Crippen LogP contribution in [0.1, 0.15) is 33.6 Å². The molecule has 0 aromatic rings. The van der Waals surface area contributed by atoms with E-state index in [2.05, 4.69) is 42.9 Å². The number of nitrogens with zero attached hydrogens (tertiary/aromatic N) is 2. The van der Waals surface area contributed by atoms with Crippen LogP contribution in [0, 0.1) is 5.92 Å². The zero-order valence-electron chi connectivity index (χ0n) is 12.2. The summed E-state index contributed by atoms with van der Waals surface area (Å²) < 4.78 is 0. The first-order valence-electron chi connectivity index (χ1n) is 7.33. The topological polar surface area (TPSA) is 18.5 Å². The van der Waals surface area contributed by atoms with Crippen LogP contribution < -0.4 is 5.32 Å². The molecule has 1 rings (SSSR count). The normalized spacial score (nSPS) is 24.2. The van der Waals surface area contributed by atoms with E-state index in [9.17, 15) is 0 Å². The molecule has 0 spiro atoms. The monoisotopic (exact) mass is 241 g/mol. The van der Waals surface area contributed by atoms with Crippen LogP contribution in [-0.4, -0.2) is 62.2 Å². The molecule has 1 aliphatic rings. The quantitative estimate of drug-likeness (QED) is 0.731. The molecule has 17 heavy (non-hydrogen) atoms. The van der Waals surface area contributed by atoms with E-state index in [1.165, 1.54) is 52.1 Å². The van der Waals surface area contributed by atoms with Crippen LogP contribution in [0.5, 0.6) is 0 Å². The van der Waals surface area contributed by atoms with E-state index in [-0.39, 0.29) is 0 Å². The van der Waals surface area contributed by atoms with Crippen LogP contribution in [0.2, 0.25) is 0 Å².